The number of hydrogen-bond acceptors (Lipinski definition) is 7. The summed E-state index contributed by atoms with van der Waals surface area (Å²) >= 11 is 0. The molecule has 2 fully saturated rings. The predicted molar refractivity (Wildman–Crippen MR) is 103 cm³/mol. The molecule has 0 unspecified atom stereocenters. The van der Waals surface area contributed by atoms with Gasteiger partial charge in [-0.15, -0.1) is 0 Å². The number of hydrogen-bond donors (Lipinski definition) is 1. The lowest BCUT2D eigenvalue weighted by Crippen LogP contribution is -2.42. The molecule has 2 N–H and O–H groups in total. The summed E-state index contributed by atoms with van der Waals surface area (Å²) in [6, 6.07) is 7.45. The van der Waals surface area contributed by atoms with Crippen molar-refractivity contribution in [3.8, 4) is 6.07 Å². The van der Waals surface area contributed by atoms with Crippen LogP contribution in [0.25, 0.3) is 0 Å². The van der Waals surface area contributed by atoms with Crippen LogP contribution in [-0.2, 0) is 9.63 Å². The fourth-order valence-electron chi connectivity index (χ4n) is 3.93. The minimum absolute atomic E-state index is 0.0999. The maximum Gasteiger partial charge on any atom is 0.249 e. The Morgan fingerprint density at radius 3 is 2.72 bits per heavy atom. The van der Waals surface area contributed by atoms with Crippen molar-refractivity contribution in [2.75, 3.05) is 30.3 Å². The number of aromatic nitrogens is 2. The van der Waals surface area contributed by atoms with Crippen LogP contribution in [0.5, 0.6) is 0 Å². The van der Waals surface area contributed by atoms with E-state index in [-0.39, 0.29) is 23.4 Å². The van der Waals surface area contributed by atoms with Gasteiger partial charge in [-0.3, -0.25) is 9.63 Å². The van der Waals surface area contributed by atoms with E-state index in [1.54, 1.807) is 12.1 Å². The molecule has 1 aromatic heterocycles. The lowest BCUT2D eigenvalue weighted by atomic mass is 9.94. The Bertz CT molecular complexity index is 954. The van der Waals surface area contributed by atoms with Crippen molar-refractivity contribution in [1.82, 2.24) is 15.0 Å². The highest BCUT2D eigenvalue weighted by Crippen LogP contribution is 2.34. The van der Waals surface area contributed by atoms with Gasteiger partial charge in [-0.05, 0) is 36.6 Å². The first-order valence-electron chi connectivity index (χ1n) is 9.54. The van der Waals surface area contributed by atoms with Crippen LogP contribution in [-0.4, -0.2) is 40.6 Å². The summed E-state index contributed by atoms with van der Waals surface area (Å²) in [4.78, 5) is 28.9. The van der Waals surface area contributed by atoms with E-state index in [1.165, 1.54) is 23.5 Å². The first kappa shape index (κ1) is 19.1. The van der Waals surface area contributed by atoms with E-state index in [4.69, 9.17) is 15.8 Å². The SMILES string of the molecule is N#Cc1cc(F)cc([C@@H]2CCON2C(=O)C2CCN(c3cc(N)ncn3)CC2)c1. The van der Waals surface area contributed by atoms with Crippen molar-refractivity contribution >= 4 is 17.5 Å². The molecule has 2 aliphatic rings. The zero-order valence-corrected chi connectivity index (χ0v) is 15.8. The molecular formula is C20H21FN6O2. The molecule has 2 saturated heterocycles. The van der Waals surface area contributed by atoms with Crippen LogP contribution in [0.1, 0.15) is 36.4 Å². The molecule has 0 saturated carbocycles. The number of rotatable bonds is 3. The van der Waals surface area contributed by atoms with E-state index >= 15 is 0 Å². The molecule has 150 valence electrons. The summed E-state index contributed by atoms with van der Waals surface area (Å²) < 4.78 is 13.9. The van der Waals surface area contributed by atoms with Crippen molar-refractivity contribution < 1.29 is 14.0 Å². The minimum Gasteiger partial charge on any atom is -0.384 e. The van der Waals surface area contributed by atoms with Gasteiger partial charge < -0.3 is 10.6 Å². The second-order valence-corrected chi connectivity index (χ2v) is 7.25. The normalized spacial score (nSPS) is 19.9. The summed E-state index contributed by atoms with van der Waals surface area (Å²) in [5.41, 5.74) is 6.54. The topological polar surface area (TPSA) is 108 Å². The first-order chi connectivity index (χ1) is 14.0. The summed E-state index contributed by atoms with van der Waals surface area (Å²) in [5, 5.41) is 10.5. The number of nitriles is 1. The summed E-state index contributed by atoms with van der Waals surface area (Å²) in [7, 11) is 0. The molecule has 8 nitrogen and oxygen atoms in total. The average molecular weight is 396 g/mol. The van der Waals surface area contributed by atoms with Crippen molar-refractivity contribution in [3.05, 3.63) is 47.5 Å². The summed E-state index contributed by atoms with van der Waals surface area (Å²) in [5.74, 6) is 0.388. The zero-order chi connectivity index (χ0) is 20.4. The fraction of sp³-hybridized carbons (Fsp3) is 0.400. The first-order valence-corrected chi connectivity index (χ1v) is 9.54. The Balaban J connectivity index is 1.44. The second kappa shape index (κ2) is 8.01. The number of nitrogens with zero attached hydrogens (tertiary/aromatic N) is 5. The van der Waals surface area contributed by atoms with Gasteiger partial charge in [0.25, 0.3) is 0 Å². The van der Waals surface area contributed by atoms with Crippen molar-refractivity contribution in [2.45, 2.75) is 25.3 Å². The van der Waals surface area contributed by atoms with Crippen LogP contribution in [0.2, 0.25) is 0 Å². The zero-order valence-electron chi connectivity index (χ0n) is 15.8. The van der Waals surface area contributed by atoms with Crippen LogP contribution in [0.4, 0.5) is 16.0 Å². The molecule has 2 aliphatic heterocycles. The summed E-state index contributed by atoms with van der Waals surface area (Å²) in [6.45, 7) is 1.72. The Morgan fingerprint density at radius 2 is 2.00 bits per heavy atom. The van der Waals surface area contributed by atoms with E-state index in [1.807, 2.05) is 6.07 Å². The van der Waals surface area contributed by atoms with Gasteiger partial charge in [0.1, 0.15) is 23.8 Å². The standard InChI is InChI=1S/C20H21FN6O2/c21-16-8-13(11-22)7-15(9-16)17-3-6-29-27(17)20(28)14-1-4-26(5-2-14)19-10-18(23)24-12-25-19/h7-10,12,14,17H,1-6H2,(H2,23,24,25)/t17-/m0/s1. The number of anilines is 2. The molecule has 4 rings (SSSR count). The number of amides is 1. The van der Waals surface area contributed by atoms with Gasteiger partial charge in [-0.25, -0.2) is 19.4 Å². The molecule has 9 heteroatoms. The second-order valence-electron chi connectivity index (χ2n) is 7.25. The predicted octanol–water partition coefficient (Wildman–Crippen LogP) is 2.19. The van der Waals surface area contributed by atoms with Crippen molar-refractivity contribution in [2.24, 2.45) is 5.92 Å². The van der Waals surface area contributed by atoms with Crippen LogP contribution >= 0.6 is 0 Å². The molecule has 29 heavy (non-hydrogen) atoms. The van der Waals surface area contributed by atoms with Gasteiger partial charge in [0.2, 0.25) is 5.91 Å². The maximum atomic E-state index is 13.9. The van der Waals surface area contributed by atoms with E-state index in [0.717, 1.165) is 5.82 Å². The van der Waals surface area contributed by atoms with E-state index < -0.39 is 5.82 Å². The highest BCUT2D eigenvalue weighted by atomic mass is 19.1. The average Bonchev–Trinajstić information content (AvgIpc) is 3.23. The van der Waals surface area contributed by atoms with E-state index in [0.29, 0.717) is 50.3 Å². The number of carbonyl (C=O) groups is 1. The van der Waals surface area contributed by atoms with Crippen LogP contribution < -0.4 is 10.6 Å². The largest absolute Gasteiger partial charge is 0.384 e. The van der Waals surface area contributed by atoms with Crippen LogP contribution in [0.3, 0.4) is 0 Å². The van der Waals surface area contributed by atoms with Crippen LogP contribution in [0.15, 0.2) is 30.6 Å². The van der Waals surface area contributed by atoms with E-state index in [9.17, 15) is 9.18 Å². The van der Waals surface area contributed by atoms with Gasteiger partial charge in [0.15, 0.2) is 0 Å². The lowest BCUT2D eigenvalue weighted by molar-refractivity contribution is -0.182. The fourth-order valence-corrected chi connectivity index (χ4v) is 3.93. The Kier molecular flexibility index (Phi) is 5.27. The quantitative estimate of drug-likeness (QED) is 0.847. The molecule has 2 aromatic rings. The highest BCUT2D eigenvalue weighted by Gasteiger charge is 2.37. The third-order valence-corrected chi connectivity index (χ3v) is 5.40. The highest BCUT2D eigenvalue weighted by molar-refractivity contribution is 5.79. The summed E-state index contributed by atoms with van der Waals surface area (Å²) in [6.07, 6.45) is 3.31. The third-order valence-electron chi connectivity index (χ3n) is 5.40. The molecule has 0 bridgehead atoms. The lowest BCUT2D eigenvalue weighted by Gasteiger charge is -2.34. The Labute approximate surface area is 167 Å². The molecular weight excluding hydrogens is 375 g/mol. The number of nitrogens with two attached hydrogens (primary N) is 1. The monoisotopic (exact) mass is 396 g/mol. The number of benzene rings is 1. The molecule has 0 spiro atoms. The van der Waals surface area contributed by atoms with Gasteiger partial charge in [-0.1, -0.05) is 0 Å². The molecule has 1 amide bonds. The van der Waals surface area contributed by atoms with Crippen molar-refractivity contribution in [1.29, 1.82) is 5.26 Å². The number of carbonyl (C=O) groups excluding carboxylic acids is 1. The van der Waals surface area contributed by atoms with Gasteiger partial charge in [-0.2, -0.15) is 5.26 Å². The number of halogens is 1. The molecule has 0 aliphatic carbocycles. The van der Waals surface area contributed by atoms with Crippen LogP contribution in [0, 0.1) is 23.1 Å². The minimum atomic E-state index is -0.490. The molecule has 1 aromatic carbocycles. The van der Waals surface area contributed by atoms with E-state index in [2.05, 4.69) is 14.9 Å². The molecule has 0 radical (unpaired) electrons. The third kappa shape index (κ3) is 3.98. The Hall–Kier alpha value is -3.25. The van der Waals surface area contributed by atoms with Gasteiger partial charge in [0, 0.05) is 31.5 Å². The van der Waals surface area contributed by atoms with Gasteiger partial charge >= 0.3 is 0 Å². The maximum absolute atomic E-state index is 13.9. The Morgan fingerprint density at radius 1 is 1.21 bits per heavy atom. The number of hydroxylamine groups is 2. The molecule has 1 atom stereocenters. The molecule has 3 heterocycles. The number of nitrogen functional groups attached to an aromatic ring is 1. The van der Waals surface area contributed by atoms with Crippen molar-refractivity contribution in [3.63, 3.8) is 0 Å². The smallest absolute Gasteiger partial charge is 0.249 e. The number of piperidine rings is 1. The van der Waals surface area contributed by atoms with Gasteiger partial charge in [0.05, 0.1) is 24.3 Å².